The lowest BCUT2D eigenvalue weighted by atomic mass is 9.99. The maximum Gasteiger partial charge on any atom is 0.338 e. The Labute approximate surface area is 210 Å². The Kier molecular flexibility index (Phi) is 7.60. The van der Waals surface area contributed by atoms with Crippen LogP contribution in [-0.2, 0) is 11.2 Å². The number of carbonyl (C=O) groups excluding carboxylic acids is 2. The Morgan fingerprint density at radius 2 is 1.83 bits per heavy atom. The van der Waals surface area contributed by atoms with Gasteiger partial charge in [0.05, 0.1) is 34.7 Å². The zero-order chi connectivity index (χ0) is 25.8. The summed E-state index contributed by atoms with van der Waals surface area (Å²) in [6, 6.07) is 15.1. The molecule has 1 aromatic heterocycles. The van der Waals surface area contributed by atoms with Crippen molar-refractivity contribution in [2.45, 2.75) is 52.6 Å². The van der Waals surface area contributed by atoms with Gasteiger partial charge in [-0.2, -0.15) is 0 Å². The van der Waals surface area contributed by atoms with Crippen molar-refractivity contribution in [3.05, 3.63) is 76.3 Å². The number of aromatic nitrogens is 1. The summed E-state index contributed by atoms with van der Waals surface area (Å²) in [6.07, 6.45) is 3.82. The molecular formula is C29H33N3O4. The largest absolute Gasteiger partial charge is 0.485 e. The smallest absolute Gasteiger partial charge is 0.338 e. The van der Waals surface area contributed by atoms with Crippen LogP contribution in [-0.4, -0.2) is 24.0 Å². The Morgan fingerprint density at radius 3 is 2.56 bits per heavy atom. The third kappa shape index (κ3) is 4.79. The van der Waals surface area contributed by atoms with Crippen LogP contribution in [0.1, 0.15) is 76.6 Å². The molecule has 4 rings (SSSR count). The van der Waals surface area contributed by atoms with E-state index in [4.69, 9.17) is 15.3 Å². The highest BCUT2D eigenvalue weighted by Gasteiger charge is 2.22. The van der Waals surface area contributed by atoms with E-state index in [1.165, 1.54) is 7.11 Å². The first-order valence-electron chi connectivity index (χ1n) is 12.3. The van der Waals surface area contributed by atoms with Gasteiger partial charge in [0.2, 0.25) is 0 Å². The molecule has 7 heteroatoms. The summed E-state index contributed by atoms with van der Waals surface area (Å²) in [6.45, 7) is 6.09. The lowest BCUT2D eigenvalue weighted by Gasteiger charge is -2.19. The van der Waals surface area contributed by atoms with E-state index in [1.54, 1.807) is 18.2 Å². The van der Waals surface area contributed by atoms with Crippen molar-refractivity contribution >= 4 is 33.7 Å². The summed E-state index contributed by atoms with van der Waals surface area (Å²) in [5, 5.41) is 1.57. The molecule has 0 aliphatic carbocycles. The molecule has 1 atom stereocenters. The van der Waals surface area contributed by atoms with Crippen molar-refractivity contribution in [1.82, 2.24) is 10.4 Å². The van der Waals surface area contributed by atoms with Crippen LogP contribution in [0.2, 0.25) is 0 Å². The molecule has 1 unspecified atom stereocenters. The second kappa shape index (κ2) is 10.8. The number of aromatic amines is 1. The molecule has 0 aliphatic heterocycles. The minimum Gasteiger partial charge on any atom is -0.485 e. The first kappa shape index (κ1) is 25.3. The van der Waals surface area contributed by atoms with Gasteiger partial charge in [0, 0.05) is 10.9 Å². The van der Waals surface area contributed by atoms with Crippen LogP contribution >= 0.6 is 0 Å². The Balaban J connectivity index is 1.91. The zero-order valence-corrected chi connectivity index (χ0v) is 21.2. The number of rotatable bonds is 9. The van der Waals surface area contributed by atoms with E-state index in [0.29, 0.717) is 16.9 Å². The molecule has 1 heterocycles. The van der Waals surface area contributed by atoms with Crippen molar-refractivity contribution in [3.8, 4) is 5.75 Å². The molecule has 0 spiro atoms. The Hall–Kier alpha value is -3.84. The number of esters is 1. The van der Waals surface area contributed by atoms with Gasteiger partial charge in [-0.1, -0.05) is 44.0 Å². The van der Waals surface area contributed by atoms with Gasteiger partial charge >= 0.3 is 5.97 Å². The fourth-order valence-corrected chi connectivity index (χ4v) is 4.78. The van der Waals surface area contributed by atoms with Crippen LogP contribution in [0.4, 0.5) is 0 Å². The number of unbranched alkanes of at least 4 members (excludes halogenated alkanes) is 2. The first-order valence-corrected chi connectivity index (χ1v) is 12.3. The summed E-state index contributed by atoms with van der Waals surface area (Å²) in [4.78, 5) is 28.6. The molecule has 4 aromatic rings. The number of amides is 1. The molecular weight excluding hydrogens is 454 g/mol. The number of nitrogens with one attached hydrogen (secondary N) is 2. The first-order chi connectivity index (χ1) is 17.4. The second-order valence-corrected chi connectivity index (χ2v) is 9.09. The van der Waals surface area contributed by atoms with E-state index in [9.17, 15) is 9.59 Å². The molecule has 0 saturated heterocycles. The fraction of sp³-hybridized carbons (Fsp3) is 0.310. The van der Waals surface area contributed by atoms with Crippen LogP contribution in [0.5, 0.6) is 5.75 Å². The van der Waals surface area contributed by atoms with Crippen LogP contribution < -0.4 is 16.0 Å². The number of nitrogen functional groups attached to an aromatic ring is 1. The van der Waals surface area contributed by atoms with Crippen molar-refractivity contribution < 1.29 is 19.1 Å². The van der Waals surface area contributed by atoms with Gasteiger partial charge in [-0.25, -0.2) is 10.6 Å². The molecule has 188 valence electrons. The summed E-state index contributed by atoms with van der Waals surface area (Å²) in [7, 11) is 1.37. The fourth-order valence-electron chi connectivity index (χ4n) is 4.78. The highest BCUT2D eigenvalue weighted by Crippen LogP contribution is 2.40. The molecule has 36 heavy (non-hydrogen) atoms. The maximum atomic E-state index is 12.7. The highest BCUT2D eigenvalue weighted by atomic mass is 16.5. The van der Waals surface area contributed by atoms with E-state index in [2.05, 4.69) is 29.5 Å². The molecule has 7 nitrogen and oxygen atoms in total. The van der Waals surface area contributed by atoms with Crippen LogP contribution in [0.15, 0.2) is 48.5 Å². The number of hydrogen-bond donors (Lipinski definition) is 3. The number of nitrogens with two attached hydrogens (primary N) is 1. The average molecular weight is 488 g/mol. The van der Waals surface area contributed by atoms with E-state index in [0.717, 1.165) is 64.2 Å². The molecule has 0 saturated carbocycles. The van der Waals surface area contributed by atoms with E-state index in [-0.39, 0.29) is 5.91 Å². The minimum absolute atomic E-state index is 0.372. The van der Waals surface area contributed by atoms with Gasteiger partial charge < -0.3 is 14.5 Å². The number of ether oxygens (including phenoxy) is 2. The molecule has 0 aliphatic rings. The quantitative estimate of drug-likeness (QED) is 0.0897. The van der Waals surface area contributed by atoms with Gasteiger partial charge in [0.1, 0.15) is 11.9 Å². The third-order valence-electron chi connectivity index (χ3n) is 6.64. The number of H-pyrrole nitrogens is 1. The lowest BCUT2D eigenvalue weighted by molar-refractivity contribution is 0.0595. The molecule has 0 bridgehead atoms. The van der Waals surface area contributed by atoms with Gasteiger partial charge in [-0.3, -0.25) is 10.2 Å². The SMILES string of the molecule is CCCCCc1cc(OC(C)c2ccccc2C(=O)OC)c2c(c1)[nH]c1c(C)ccc(C(=O)NN)c12. The number of fused-ring (bicyclic) bond motifs is 3. The van der Waals surface area contributed by atoms with Gasteiger partial charge in [0.15, 0.2) is 0 Å². The number of benzene rings is 3. The van der Waals surface area contributed by atoms with E-state index >= 15 is 0 Å². The number of aryl methyl sites for hydroxylation is 2. The van der Waals surface area contributed by atoms with Crippen molar-refractivity contribution in [2.24, 2.45) is 5.84 Å². The van der Waals surface area contributed by atoms with Crippen molar-refractivity contribution in [1.29, 1.82) is 0 Å². The Morgan fingerprint density at radius 1 is 1.06 bits per heavy atom. The average Bonchev–Trinajstić information content (AvgIpc) is 3.29. The van der Waals surface area contributed by atoms with E-state index in [1.807, 2.05) is 32.0 Å². The van der Waals surface area contributed by atoms with E-state index < -0.39 is 12.1 Å². The second-order valence-electron chi connectivity index (χ2n) is 9.09. The molecule has 1 amide bonds. The topological polar surface area (TPSA) is 106 Å². The van der Waals surface area contributed by atoms with Crippen molar-refractivity contribution in [2.75, 3.05) is 7.11 Å². The summed E-state index contributed by atoms with van der Waals surface area (Å²) in [5.41, 5.74) is 7.83. The van der Waals surface area contributed by atoms with Crippen LogP contribution in [0.25, 0.3) is 21.8 Å². The highest BCUT2D eigenvalue weighted by molar-refractivity contribution is 6.20. The summed E-state index contributed by atoms with van der Waals surface area (Å²) in [5.74, 6) is 5.37. The van der Waals surface area contributed by atoms with Crippen LogP contribution in [0, 0.1) is 6.92 Å². The standard InChI is InChI=1S/C29H33N3O4/c1-5-6-7-10-19-15-23-26(25-22(28(33)32-30)14-13-17(2)27(25)31-23)24(16-19)36-18(3)20-11-8-9-12-21(20)29(34)35-4/h8-9,11-16,18,31H,5-7,10,30H2,1-4H3,(H,32,33). The third-order valence-corrected chi connectivity index (χ3v) is 6.64. The lowest BCUT2D eigenvalue weighted by Crippen LogP contribution is -2.30. The summed E-state index contributed by atoms with van der Waals surface area (Å²) < 4.78 is 11.6. The molecule has 0 radical (unpaired) electrons. The monoisotopic (exact) mass is 487 g/mol. The van der Waals surface area contributed by atoms with Gasteiger partial charge in [0.25, 0.3) is 5.91 Å². The number of carbonyl (C=O) groups is 2. The van der Waals surface area contributed by atoms with Crippen LogP contribution in [0.3, 0.4) is 0 Å². The van der Waals surface area contributed by atoms with Gasteiger partial charge in [-0.05, 0) is 62.1 Å². The predicted molar refractivity (Wildman–Crippen MR) is 142 cm³/mol. The Bertz CT molecular complexity index is 1420. The summed E-state index contributed by atoms with van der Waals surface area (Å²) >= 11 is 0. The predicted octanol–water partition coefficient (Wildman–Crippen LogP) is 5.89. The number of methoxy groups -OCH3 is 1. The zero-order valence-electron chi connectivity index (χ0n) is 21.2. The minimum atomic E-state index is -0.448. The molecule has 3 aromatic carbocycles. The van der Waals surface area contributed by atoms with Crippen molar-refractivity contribution in [3.63, 3.8) is 0 Å². The number of hydrazine groups is 1. The van der Waals surface area contributed by atoms with Gasteiger partial charge in [-0.15, -0.1) is 0 Å². The molecule has 0 fully saturated rings. The maximum absolute atomic E-state index is 12.7. The normalized spacial score (nSPS) is 12.0. The molecule has 4 N–H and O–H groups in total. The number of hydrogen-bond acceptors (Lipinski definition) is 5.